The highest BCUT2D eigenvalue weighted by atomic mass is 127. The van der Waals surface area contributed by atoms with Crippen molar-refractivity contribution >= 4 is 32.6 Å². The monoisotopic (exact) mass is 341 g/mol. The molecule has 0 aliphatic heterocycles. The van der Waals surface area contributed by atoms with Crippen LogP contribution in [0.2, 0.25) is 0 Å². The molecule has 8 heteroatoms. The van der Waals surface area contributed by atoms with Crippen LogP contribution >= 0.6 is 22.6 Å². The van der Waals surface area contributed by atoms with Gasteiger partial charge in [-0.2, -0.15) is 17.9 Å². The topological polar surface area (TPSA) is 46.2 Å². The van der Waals surface area contributed by atoms with E-state index in [0.29, 0.717) is 6.42 Å². The Bertz CT molecular complexity index is 337. The zero-order valence-electron chi connectivity index (χ0n) is 6.75. The molecule has 0 aromatic carbocycles. The van der Waals surface area contributed by atoms with Gasteiger partial charge in [-0.05, 0) is 6.42 Å². The SMILES string of the molecule is O=S(=O)(NC1C=CCC1I)C(F)(F)F. The minimum Gasteiger partial charge on any atom is -0.203 e. The fraction of sp³-hybridized carbons (Fsp3) is 0.667. The van der Waals surface area contributed by atoms with Crippen LogP contribution in [0.4, 0.5) is 13.2 Å². The second-order valence-corrected chi connectivity index (χ2v) is 6.08. The van der Waals surface area contributed by atoms with Crippen molar-refractivity contribution in [2.75, 3.05) is 0 Å². The molecule has 2 unspecified atom stereocenters. The van der Waals surface area contributed by atoms with Gasteiger partial charge in [0.1, 0.15) is 0 Å². The standard InChI is InChI=1S/C6H7F3INO2S/c7-6(8,9)14(12,13)11-5-3-1-2-4(5)10/h1,3-5,11H,2H2. The summed E-state index contributed by atoms with van der Waals surface area (Å²) in [5.74, 6) is 0. The minimum absolute atomic E-state index is 0.162. The Hall–Kier alpha value is 0.170. The molecule has 14 heavy (non-hydrogen) atoms. The maximum absolute atomic E-state index is 11.9. The molecule has 3 nitrogen and oxygen atoms in total. The van der Waals surface area contributed by atoms with E-state index < -0.39 is 21.6 Å². The van der Waals surface area contributed by atoms with E-state index in [1.807, 2.05) is 22.6 Å². The number of hydrogen-bond acceptors (Lipinski definition) is 2. The number of sulfonamides is 1. The Morgan fingerprint density at radius 1 is 1.43 bits per heavy atom. The molecule has 1 N–H and O–H groups in total. The first-order valence-electron chi connectivity index (χ1n) is 3.63. The van der Waals surface area contributed by atoms with Gasteiger partial charge in [0.15, 0.2) is 0 Å². The first-order chi connectivity index (χ1) is 6.24. The number of rotatable bonds is 2. The molecule has 0 saturated heterocycles. The summed E-state index contributed by atoms with van der Waals surface area (Å²) in [7, 11) is -5.22. The lowest BCUT2D eigenvalue weighted by Gasteiger charge is -2.16. The lowest BCUT2D eigenvalue weighted by atomic mass is 10.3. The Balaban J connectivity index is 2.74. The second kappa shape index (κ2) is 3.97. The number of allylic oxidation sites excluding steroid dienone is 1. The maximum atomic E-state index is 11.9. The first kappa shape index (κ1) is 12.2. The fourth-order valence-corrected chi connectivity index (χ4v) is 2.67. The average Bonchev–Trinajstić information content (AvgIpc) is 2.33. The minimum atomic E-state index is -5.24. The average molecular weight is 341 g/mol. The van der Waals surface area contributed by atoms with Crippen LogP contribution in [0, 0.1) is 0 Å². The van der Waals surface area contributed by atoms with E-state index in [9.17, 15) is 21.6 Å². The van der Waals surface area contributed by atoms with Gasteiger partial charge >= 0.3 is 15.5 Å². The third-order valence-corrected chi connectivity index (χ3v) is 4.17. The summed E-state index contributed by atoms with van der Waals surface area (Å²) in [5.41, 5.74) is -5.24. The Kier molecular flexibility index (Phi) is 3.47. The fourth-order valence-electron chi connectivity index (χ4n) is 0.981. The van der Waals surface area contributed by atoms with Gasteiger partial charge in [0.05, 0.1) is 6.04 Å². The quantitative estimate of drug-likeness (QED) is 0.471. The molecular formula is C6H7F3INO2S. The molecule has 0 aromatic rings. The Labute approximate surface area is 92.9 Å². The summed E-state index contributed by atoms with van der Waals surface area (Å²) in [6.07, 6.45) is 3.66. The van der Waals surface area contributed by atoms with Crippen LogP contribution in [0.3, 0.4) is 0 Å². The first-order valence-corrected chi connectivity index (χ1v) is 6.36. The van der Waals surface area contributed by atoms with Gasteiger partial charge in [0, 0.05) is 3.92 Å². The summed E-state index contributed by atoms with van der Waals surface area (Å²) in [4.78, 5) is 0. The van der Waals surface area contributed by atoms with Crippen molar-refractivity contribution in [2.45, 2.75) is 21.9 Å². The van der Waals surface area contributed by atoms with Gasteiger partial charge in [-0.15, -0.1) is 0 Å². The smallest absolute Gasteiger partial charge is 0.203 e. The van der Waals surface area contributed by atoms with Crippen LogP contribution in [-0.4, -0.2) is 23.9 Å². The largest absolute Gasteiger partial charge is 0.511 e. The van der Waals surface area contributed by atoms with Crippen molar-refractivity contribution in [1.82, 2.24) is 4.72 Å². The highest BCUT2D eigenvalue weighted by Gasteiger charge is 2.47. The normalized spacial score (nSPS) is 28.3. The third kappa shape index (κ3) is 2.60. The van der Waals surface area contributed by atoms with Crippen molar-refractivity contribution in [3.63, 3.8) is 0 Å². The Morgan fingerprint density at radius 3 is 2.36 bits per heavy atom. The molecule has 1 rings (SSSR count). The van der Waals surface area contributed by atoms with Crippen LogP contribution in [0.25, 0.3) is 0 Å². The van der Waals surface area contributed by atoms with Crippen LogP contribution in [0.1, 0.15) is 6.42 Å². The summed E-state index contributed by atoms with van der Waals surface area (Å²) in [6.45, 7) is 0. The van der Waals surface area contributed by atoms with Gasteiger partial charge in [-0.3, -0.25) is 0 Å². The van der Waals surface area contributed by atoms with Crippen molar-refractivity contribution in [1.29, 1.82) is 0 Å². The van der Waals surface area contributed by atoms with Crippen molar-refractivity contribution in [2.24, 2.45) is 0 Å². The number of nitrogens with one attached hydrogen (secondary N) is 1. The molecule has 0 fully saturated rings. The van der Waals surface area contributed by atoms with Crippen molar-refractivity contribution in [3.8, 4) is 0 Å². The summed E-state index contributed by atoms with van der Waals surface area (Å²) < 4.78 is 58.6. The highest BCUT2D eigenvalue weighted by Crippen LogP contribution is 2.26. The molecule has 0 heterocycles. The molecule has 0 amide bonds. The molecular weight excluding hydrogens is 334 g/mol. The van der Waals surface area contributed by atoms with Gasteiger partial charge in [-0.1, -0.05) is 34.7 Å². The third-order valence-electron chi connectivity index (χ3n) is 1.69. The van der Waals surface area contributed by atoms with Crippen LogP contribution in [-0.2, 0) is 10.0 Å². The number of hydrogen-bond donors (Lipinski definition) is 1. The van der Waals surface area contributed by atoms with Gasteiger partial charge in [0.25, 0.3) is 0 Å². The molecule has 0 saturated carbocycles. The van der Waals surface area contributed by atoms with Crippen LogP contribution in [0.5, 0.6) is 0 Å². The zero-order valence-corrected chi connectivity index (χ0v) is 9.73. The molecule has 1 aliphatic rings. The lowest BCUT2D eigenvalue weighted by Crippen LogP contribution is -2.44. The number of alkyl halides is 4. The second-order valence-electron chi connectivity index (χ2n) is 2.77. The lowest BCUT2D eigenvalue weighted by molar-refractivity contribution is -0.0449. The van der Waals surface area contributed by atoms with E-state index in [1.54, 1.807) is 10.8 Å². The number of halogens is 4. The maximum Gasteiger partial charge on any atom is 0.511 e. The molecule has 82 valence electrons. The van der Waals surface area contributed by atoms with Crippen LogP contribution < -0.4 is 4.72 Å². The van der Waals surface area contributed by atoms with E-state index >= 15 is 0 Å². The van der Waals surface area contributed by atoms with E-state index in [-0.39, 0.29) is 3.92 Å². The summed E-state index contributed by atoms with van der Waals surface area (Å²) >= 11 is 1.91. The molecule has 0 aromatic heterocycles. The summed E-state index contributed by atoms with van der Waals surface area (Å²) in [5, 5.41) is 0. The molecule has 0 bridgehead atoms. The van der Waals surface area contributed by atoms with E-state index in [4.69, 9.17) is 0 Å². The highest BCUT2D eigenvalue weighted by molar-refractivity contribution is 14.1. The van der Waals surface area contributed by atoms with Crippen molar-refractivity contribution in [3.05, 3.63) is 12.2 Å². The Morgan fingerprint density at radius 2 is 2.00 bits per heavy atom. The zero-order chi connectivity index (χ0) is 11.0. The molecule has 1 aliphatic carbocycles. The van der Waals surface area contributed by atoms with Crippen LogP contribution in [0.15, 0.2) is 12.2 Å². The van der Waals surface area contributed by atoms with Gasteiger partial charge in [0.2, 0.25) is 0 Å². The van der Waals surface area contributed by atoms with E-state index in [1.165, 1.54) is 6.08 Å². The molecule has 0 radical (unpaired) electrons. The predicted molar refractivity (Wildman–Crippen MR) is 53.5 cm³/mol. The molecule has 2 atom stereocenters. The van der Waals surface area contributed by atoms with Gasteiger partial charge < -0.3 is 0 Å². The molecule has 0 spiro atoms. The predicted octanol–water partition coefficient (Wildman–Crippen LogP) is 1.56. The van der Waals surface area contributed by atoms with E-state index in [0.717, 1.165) is 0 Å². The van der Waals surface area contributed by atoms with Gasteiger partial charge in [-0.25, -0.2) is 8.42 Å². The van der Waals surface area contributed by atoms with Crippen molar-refractivity contribution < 1.29 is 21.6 Å². The summed E-state index contributed by atoms with van der Waals surface area (Å²) in [6, 6.07) is -0.762. The van der Waals surface area contributed by atoms with E-state index in [2.05, 4.69) is 0 Å².